The molecular weight excluding hydrogens is 174 g/mol. The number of hydrogen-bond acceptors (Lipinski definition) is 1. The lowest BCUT2D eigenvalue weighted by molar-refractivity contribution is 0.150. The minimum absolute atomic E-state index is 0.471. The Balaban J connectivity index is 2.56. The van der Waals surface area contributed by atoms with Crippen LogP contribution in [0.3, 0.4) is 0 Å². The van der Waals surface area contributed by atoms with Crippen molar-refractivity contribution in [2.75, 3.05) is 13.2 Å². The first kappa shape index (κ1) is 10.1. The minimum atomic E-state index is -0.544. The third kappa shape index (κ3) is 3.11. The zero-order chi connectivity index (χ0) is 9.68. The van der Waals surface area contributed by atoms with Crippen molar-refractivity contribution in [1.82, 2.24) is 0 Å². The molecule has 0 heterocycles. The van der Waals surface area contributed by atoms with E-state index in [-0.39, 0.29) is 0 Å². The van der Waals surface area contributed by atoms with Crippen LogP contribution in [0.4, 0.5) is 8.78 Å². The highest BCUT2D eigenvalue weighted by Crippen LogP contribution is 2.09. The number of benzene rings is 1. The van der Waals surface area contributed by atoms with Crippen molar-refractivity contribution in [3.63, 3.8) is 0 Å². The molecule has 0 atom stereocenters. The van der Waals surface area contributed by atoms with Gasteiger partial charge in [-0.25, -0.2) is 8.78 Å². The molecule has 0 unspecified atom stereocenters. The van der Waals surface area contributed by atoms with E-state index < -0.39 is 11.6 Å². The lowest BCUT2D eigenvalue weighted by Gasteiger charge is -2.02. The minimum Gasteiger partial charge on any atom is -0.381 e. The maximum atomic E-state index is 13.0. The number of rotatable bonds is 4. The Morgan fingerprint density at radius 3 is 2.69 bits per heavy atom. The third-order valence-corrected chi connectivity index (χ3v) is 1.73. The lowest BCUT2D eigenvalue weighted by atomic mass is 10.1. The second-order valence-corrected chi connectivity index (χ2v) is 2.68. The van der Waals surface area contributed by atoms with Gasteiger partial charge >= 0.3 is 0 Å². The molecule has 0 aliphatic carbocycles. The number of ether oxygens (including phenoxy) is 1. The summed E-state index contributed by atoms with van der Waals surface area (Å²) in [6, 6.07) is 3.59. The monoisotopic (exact) mass is 186 g/mol. The van der Waals surface area contributed by atoms with Gasteiger partial charge in [-0.1, -0.05) is 6.07 Å². The van der Waals surface area contributed by atoms with Crippen molar-refractivity contribution in [3.8, 4) is 0 Å². The molecule has 0 radical (unpaired) electrons. The molecule has 0 saturated heterocycles. The van der Waals surface area contributed by atoms with Crippen LogP contribution in [0.2, 0.25) is 0 Å². The Morgan fingerprint density at radius 1 is 1.31 bits per heavy atom. The smallest absolute Gasteiger partial charge is 0.129 e. The van der Waals surface area contributed by atoms with Crippen molar-refractivity contribution < 1.29 is 13.5 Å². The van der Waals surface area contributed by atoms with Gasteiger partial charge in [0.25, 0.3) is 0 Å². The molecule has 72 valence electrons. The summed E-state index contributed by atoms with van der Waals surface area (Å²) in [5.41, 5.74) is 0.495. The van der Waals surface area contributed by atoms with Gasteiger partial charge in [-0.2, -0.15) is 0 Å². The van der Waals surface area contributed by atoms with Gasteiger partial charge in [0, 0.05) is 12.7 Å². The highest BCUT2D eigenvalue weighted by atomic mass is 19.1. The molecule has 1 aromatic rings. The average Bonchev–Trinajstić information content (AvgIpc) is 2.09. The van der Waals surface area contributed by atoms with E-state index >= 15 is 0 Å². The number of hydrogen-bond donors (Lipinski definition) is 0. The van der Waals surface area contributed by atoms with Crippen LogP contribution in [0.25, 0.3) is 0 Å². The summed E-state index contributed by atoms with van der Waals surface area (Å²) in [5.74, 6) is -1.04. The Hall–Kier alpha value is -0.960. The van der Waals surface area contributed by atoms with Crippen molar-refractivity contribution in [2.24, 2.45) is 0 Å². The highest BCUT2D eigenvalue weighted by Gasteiger charge is 2.02. The standard InChI is InChI=1S/C10H12F2O/c1-2-13-6-5-8-3-4-9(11)7-10(8)12/h3-4,7H,2,5-6H2,1H3. The van der Waals surface area contributed by atoms with Crippen LogP contribution in [-0.2, 0) is 11.2 Å². The van der Waals surface area contributed by atoms with Gasteiger partial charge in [0.1, 0.15) is 11.6 Å². The molecule has 0 N–H and O–H groups in total. The zero-order valence-corrected chi connectivity index (χ0v) is 7.52. The molecule has 0 bridgehead atoms. The molecule has 1 nitrogen and oxygen atoms in total. The Kier molecular flexibility index (Phi) is 3.83. The SMILES string of the molecule is CCOCCc1ccc(F)cc1F. The van der Waals surface area contributed by atoms with Gasteiger partial charge in [-0.3, -0.25) is 0 Å². The first-order valence-corrected chi connectivity index (χ1v) is 4.25. The van der Waals surface area contributed by atoms with E-state index in [4.69, 9.17) is 4.74 Å². The Morgan fingerprint density at radius 2 is 2.08 bits per heavy atom. The molecule has 0 saturated carbocycles. The van der Waals surface area contributed by atoms with E-state index in [0.29, 0.717) is 25.2 Å². The maximum Gasteiger partial charge on any atom is 0.129 e. The molecule has 0 amide bonds. The summed E-state index contributed by atoms with van der Waals surface area (Å²) >= 11 is 0. The van der Waals surface area contributed by atoms with E-state index in [1.165, 1.54) is 12.1 Å². The van der Waals surface area contributed by atoms with Crippen LogP contribution < -0.4 is 0 Å². The fourth-order valence-electron chi connectivity index (χ4n) is 1.05. The molecule has 13 heavy (non-hydrogen) atoms. The van der Waals surface area contributed by atoms with E-state index in [0.717, 1.165) is 6.07 Å². The Labute approximate surface area is 76.3 Å². The second kappa shape index (κ2) is 4.92. The summed E-state index contributed by atoms with van der Waals surface area (Å²) in [6.07, 6.45) is 0.486. The third-order valence-electron chi connectivity index (χ3n) is 1.73. The molecule has 1 rings (SSSR count). The molecule has 0 aromatic heterocycles. The summed E-state index contributed by atoms with van der Waals surface area (Å²) < 4.78 is 30.5. The first-order valence-electron chi connectivity index (χ1n) is 4.25. The summed E-state index contributed by atoms with van der Waals surface area (Å²) in [7, 11) is 0. The van der Waals surface area contributed by atoms with E-state index in [9.17, 15) is 8.78 Å². The normalized spacial score (nSPS) is 10.4. The van der Waals surface area contributed by atoms with Gasteiger partial charge < -0.3 is 4.74 Å². The van der Waals surface area contributed by atoms with Crippen LogP contribution >= 0.6 is 0 Å². The van der Waals surface area contributed by atoms with Crippen LogP contribution in [0, 0.1) is 11.6 Å². The predicted octanol–water partition coefficient (Wildman–Crippen LogP) is 2.54. The van der Waals surface area contributed by atoms with Crippen molar-refractivity contribution >= 4 is 0 Å². The summed E-state index contributed by atoms with van der Waals surface area (Å²) in [5, 5.41) is 0. The van der Waals surface area contributed by atoms with Crippen molar-refractivity contribution in [3.05, 3.63) is 35.4 Å². The molecule has 0 fully saturated rings. The van der Waals surface area contributed by atoms with Gasteiger partial charge in [-0.15, -0.1) is 0 Å². The quantitative estimate of drug-likeness (QED) is 0.656. The van der Waals surface area contributed by atoms with Crippen molar-refractivity contribution in [1.29, 1.82) is 0 Å². The zero-order valence-electron chi connectivity index (χ0n) is 7.52. The maximum absolute atomic E-state index is 13.0. The van der Waals surface area contributed by atoms with Gasteiger partial charge in [0.2, 0.25) is 0 Å². The highest BCUT2D eigenvalue weighted by molar-refractivity contribution is 5.18. The molecule has 0 aliphatic rings. The van der Waals surface area contributed by atoms with Gasteiger partial charge in [0.05, 0.1) is 6.61 Å². The largest absolute Gasteiger partial charge is 0.381 e. The first-order chi connectivity index (χ1) is 6.24. The summed E-state index contributed by atoms with van der Waals surface area (Å²) in [6.45, 7) is 2.96. The average molecular weight is 186 g/mol. The van der Waals surface area contributed by atoms with E-state index in [1.54, 1.807) is 0 Å². The molecule has 0 spiro atoms. The van der Waals surface area contributed by atoms with E-state index in [2.05, 4.69) is 0 Å². The lowest BCUT2D eigenvalue weighted by Crippen LogP contribution is -2.00. The molecule has 1 aromatic carbocycles. The van der Waals surface area contributed by atoms with Gasteiger partial charge in [-0.05, 0) is 25.0 Å². The molecule has 3 heteroatoms. The van der Waals surface area contributed by atoms with E-state index in [1.807, 2.05) is 6.92 Å². The number of halogens is 2. The van der Waals surface area contributed by atoms with Gasteiger partial charge in [0.15, 0.2) is 0 Å². The molecule has 0 aliphatic heterocycles. The second-order valence-electron chi connectivity index (χ2n) is 2.68. The fourth-order valence-corrected chi connectivity index (χ4v) is 1.05. The van der Waals surface area contributed by atoms with Crippen LogP contribution in [-0.4, -0.2) is 13.2 Å². The van der Waals surface area contributed by atoms with Crippen LogP contribution in [0.5, 0.6) is 0 Å². The van der Waals surface area contributed by atoms with Crippen LogP contribution in [0.1, 0.15) is 12.5 Å². The topological polar surface area (TPSA) is 9.23 Å². The van der Waals surface area contributed by atoms with Crippen LogP contribution in [0.15, 0.2) is 18.2 Å². The fraction of sp³-hybridized carbons (Fsp3) is 0.400. The Bertz CT molecular complexity index is 274. The predicted molar refractivity (Wildman–Crippen MR) is 46.6 cm³/mol. The summed E-state index contributed by atoms with van der Waals surface area (Å²) in [4.78, 5) is 0. The van der Waals surface area contributed by atoms with Crippen molar-refractivity contribution in [2.45, 2.75) is 13.3 Å². The molecular formula is C10H12F2O.